The molecule has 0 N–H and O–H groups in total. The van der Waals surface area contributed by atoms with Crippen molar-refractivity contribution in [2.45, 2.75) is 25.3 Å². The second kappa shape index (κ2) is 8.66. The SMILES string of the molecule is COc1ccc(C2=NN(C(=O)CN3CCCC3)[C@H](c3ccc(OC)cc3)C2)cc1. The van der Waals surface area contributed by atoms with E-state index in [0.717, 1.165) is 54.3 Å². The molecule has 2 aromatic rings. The first-order valence-corrected chi connectivity index (χ1v) is 10.1. The maximum atomic E-state index is 13.1. The highest BCUT2D eigenvalue weighted by atomic mass is 16.5. The third-order valence-corrected chi connectivity index (χ3v) is 5.65. The van der Waals surface area contributed by atoms with Crippen LogP contribution in [0, 0.1) is 0 Å². The number of benzene rings is 2. The summed E-state index contributed by atoms with van der Waals surface area (Å²) in [5.41, 5.74) is 3.00. The minimum Gasteiger partial charge on any atom is -0.497 e. The van der Waals surface area contributed by atoms with Crippen LogP contribution in [0.4, 0.5) is 0 Å². The zero-order chi connectivity index (χ0) is 20.2. The normalized spacial score (nSPS) is 19.3. The Morgan fingerprint density at radius 1 is 0.966 bits per heavy atom. The van der Waals surface area contributed by atoms with E-state index >= 15 is 0 Å². The largest absolute Gasteiger partial charge is 0.497 e. The Kier molecular flexibility index (Phi) is 5.81. The van der Waals surface area contributed by atoms with Gasteiger partial charge in [0.25, 0.3) is 5.91 Å². The van der Waals surface area contributed by atoms with E-state index in [2.05, 4.69) is 4.90 Å². The summed E-state index contributed by atoms with van der Waals surface area (Å²) >= 11 is 0. The van der Waals surface area contributed by atoms with Gasteiger partial charge in [-0.1, -0.05) is 12.1 Å². The van der Waals surface area contributed by atoms with Crippen LogP contribution >= 0.6 is 0 Å². The van der Waals surface area contributed by atoms with Crippen molar-refractivity contribution in [2.75, 3.05) is 33.9 Å². The number of carbonyl (C=O) groups excluding carboxylic acids is 1. The maximum Gasteiger partial charge on any atom is 0.257 e. The number of hydrogen-bond donors (Lipinski definition) is 0. The number of hydrogen-bond acceptors (Lipinski definition) is 5. The Morgan fingerprint density at radius 3 is 2.14 bits per heavy atom. The van der Waals surface area contributed by atoms with Crippen LogP contribution in [0.25, 0.3) is 0 Å². The van der Waals surface area contributed by atoms with Gasteiger partial charge in [-0.15, -0.1) is 0 Å². The molecule has 6 heteroatoms. The van der Waals surface area contributed by atoms with Gasteiger partial charge in [0.15, 0.2) is 0 Å². The highest BCUT2D eigenvalue weighted by Gasteiger charge is 2.34. The number of methoxy groups -OCH3 is 2. The summed E-state index contributed by atoms with van der Waals surface area (Å²) in [6.45, 7) is 2.40. The minimum absolute atomic E-state index is 0.0521. The van der Waals surface area contributed by atoms with E-state index in [1.54, 1.807) is 19.2 Å². The average molecular weight is 393 g/mol. The summed E-state index contributed by atoms with van der Waals surface area (Å²) in [6, 6.07) is 15.7. The molecular formula is C23H27N3O3. The summed E-state index contributed by atoms with van der Waals surface area (Å²) in [5, 5.41) is 6.44. The summed E-state index contributed by atoms with van der Waals surface area (Å²) in [7, 11) is 3.31. The first-order chi connectivity index (χ1) is 14.2. The van der Waals surface area contributed by atoms with E-state index in [0.29, 0.717) is 13.0 Å². The lowest BCUT2D eigenvalue weighted by molar-refractivity contribution is -0.134. The van der Waals surface area contributed by atoms with Crippen molar-refractivity contribution in [1.82, 2.24) is 9.91 Å². The molecule has 1 saturated heterocycles. The quantitative estimate of drug-likeness (QED) is 0.754. The van der Waals surface area contributed by atoms with Crippen molar-refractivity contribution in [3.8, 4) is 11.5 Å². The van der Waals surface area contributed by atoms with Crippen molar-refractivity contribution in [2.24, 2.45) is 5.10 Å². The van der Waals surface area contributed by atoms with Gasteiger partial charge in [-0.25, -0.2) is 5.01 Å². The van der Waals surface area contributed by atoms with Crippen molar-refractivity contribution < 1.29 is 14.3 Å². The van der Waals surface area contributed by atoms with Crippen molar-refractivity contribution >= 4 is 11.6 Å². The molecule has 0 spiro atoms. The number of ether oxygens (including phenoxy) is 2. The van der Waals surface area contributed by atoms with Gasteiger partial charge in [-0.2, -0.15) is 5.10 Å². The summed E-state index contributed by atoms with van der Waals surface area (Å²) in [4.78, 5) is 15.3. The number of nitrogens with zero attached hydrogens (tertiary/aromatic N) is 3. The molecule has 1 fully saturated rings. The Labute approximate surface area is 171 Å². The van der Waals surface area contributed by atoms with Crippen molar-refractivity contribution in [1.29, 1.82) is 0 Å². The van der Waals surface area contributed by atoms with Crippen molar-refractivity contribution in [3.05, 3.63) is 59.7 Å². The molecule has 0 unspecified atom stereocenters. The molecule has 0 aromatic heterocycles. The molecule has 0 radical (unpaired) electrons. The maximum absolute atomic E-state index is 13.1. The molecule has 2 aliphatic rings. The molecule has 0 saturated carbocycles. The van der Waals surface area contributed by atoms with E-state index in [4.69, 9.17) is 14.6 Å². The average Bonchev–Trinajstić information content (AvgIpc) is 3.44. The van der Waals surface area contributed by atoms with Crippen LogP contribution in [0.3, 0.4) is 0 Å². The third kappa shape index (κ3) is 4.27. The number of hydrazone groups is 1. The molecule has 29 heavy (non-hydrogen) atoms. The zero-order valence-electron chi connectivity index (χ0n) is 17.0. The molecule has 4 rings (SSSR count). The monoisotopic (exact) mass is 393 g/mol. The second-order valence-corrected chi connectivity index (χ2v) is 7.49. The zero-order valence-corrected chi connectivity index (χ0v) is 17.0. The smallest absolute Gasteiger partial charge is 0.257 e. The van der Waals surface area contributed by atoms with E-state index < -0.39 is 0 Å². The Hall–Kier alpha value is -2.86. The van der Waals surface area contributed by atoms with Crippen LogP contribution in [-0.2, 0) is 4.79 Å². The predicted octanol–water partition coefficient (Wildman–Crippen LogP) is 3.48. The van der Waals surface area contributed by atoms with Crippen LogP contribution in [-0.4, -0.2) is 55.4 Å². The molecule has 6 nitrogen and oxygen atoms in total. The standard InChI is InChI=1S/C23H27N3O3/c1-28-19-9-5-17(6-10-19)21-15-22(18-7-11-20(29-2)12-8-18)26(24-21)23(27)16-25-13-3-4-14-25/h5-12,22H,3-4,13-16H2,1-2H3/t22-/m0/s1. The van der Waals surface area contributed by atoms with E-state index in [1.165, 1.54) is 0 Å². The number of rotatable bonds is 6. The van der Waals surface area contributed by atoms with E-state index in [-0.39, 0.29) is 11.9 Å². The van der Waals surface area contributed by atoms with Crippen LogP contribution < -0.4 is 9.47 Å². The molecule has 2 heterocycles. The molecule has 2 aliphatic heterocycles. The number of amides is 1. The fourth-order valence-corrected chi connectivity index (χ4v) is 3.99. The molecule has 1 atom stereocenters. The first-order valence-electron chi connectivity index (χ1n) is 10.1. The van der Waals surface area contributed by atoms with Gasteiger partial charge in [0.05, 0.1) is 32.5 Å². The lowest BCUT2D eigenvalue weighted by atomic mass is 9.98. The van der Waals surface area contributed by atoms with E-state index in [9.17, 15) is 4.79 Å². The minimum atomic E-state index is -0.104. The first kappa shape index (κ1) is 19.5. The summed E-state index contributed by atoms with van der Waals surface area (Å²) in [5.74, 6) is 1.66. The summed E-state index contributed by atoms with van der Waals surface area (Å²) < 4.78 is 10.5. The Balaban J connectivity index is 1.60. The predicted molar refractivity (Wildman–Crippen MR) is 112 cm³/mol. The summed E-state index contributed by atoms with van der Waals surface area (Å²) in [6.07, 6.45) is 3.01. The van der Waals surface area contributed by atoms with Gasteiger partial charge < -0.3 is 9.47 Å². The van der Waals surface area contributed by atoms with Gasteiger partial charge in [-0.05, 0) is 73.5 Å². The molecular weight excluding hydrogens is 366 g/mol. The van der Waals surface area contributed by atoms with Gasteiger partial charge in [0.1, 0.15) is 11.5 Å². The van der Waals surface area contributed by atoms with Gasteiger partial charge in [0, 0.05) is 6.42 Å². The highest BCUT2D eigenvalue weighted by Crippen LogP contribution is 2.34. The van der Waals surface area contributed by atoms with Gasteiger partial charge >= 0.3 is 0 Å². The van der Waals surface area contributed by atoms with Gasteiger partial charge in [0.2, 0.25) is 0 Å². The van der Waals surface area contributed by atoms with Crippen LogP contribution in [0.1, 0.15) is 36.4 Å². The molecule has 0 aliphatic carbocycles. The number of carbonyl (C=O) groups is 1. The van der Waals surface area contributed by atoms with Crippen LogP contribution in [0.2, 0.25) is 0 Å². The molecule has 152 valence electrons. The Bertz CT molecular complexity index is 871. The lowest BCUT2D eigenvalue weighted by Gasteiger charge is -2.24. The third-order valence-electron chi connectivity index (χ3n) is 5.65. The fourth-order valence-electron chi connectivity index (χ4n) is 3.99. The molecule has 0 bridgehead atoms. The fraction of sp³-hybridized carbons (Fsp3) is 0.391. The lowest BCUT2D eigenvalue weighted by Crippen LogP contribution is -2.36. The van der Waals surface area contributed by atoms with Gasteiger partial charge in [-0.3, -0.25) is 9.69 Å². The Morgan fingerprint density at radius 2 is 1.55 bits per heavy atom. The molecule has 2 aromatic carbocycles. The topological polar surface area (TPSA) is 54.4 Å². The molecule has 1 amide bonds. The van der Waals surface area contributed by atoms with Crippen LogP contribution in [0.15, 0.2) is 53.6 Å². The van der Waals surface area contributed by atoms with Crippen LogP contribution in [0.5, 0.6) is 11.5 Å². The van der Waals surface area contributed by atoms with Crippen molar-refractivity contribution in [3.63, 3.8) is 0 Å². The highest BCUT2D eigenvalue weighted by molar-refractivity contribution is 6.03. The second-order valence-electron chi connectivity index (χ2n) is 7.49. The number of likely N-dealkylation sites (tertiary alicyclic amines) is 1. The van der Waals surface area contributed by atoms with E-state index in [1.807, 2.05) is 48.5 Å².